The van der Waals surface area contributed by atoms with Crippen molar-refractivity contribution in [1.82, 2.24) is 10.6 Å². The van der Waals surface area contributed by atoms with Crippen molar-refractivity contribution in [3.8, 4) is 0 Å². The van der Waals surface area contributed by atoms with E-state index >= 15 is 0 Å². The summed E-state index contributed by atoms with van der Waals surface area (Å²) in [6.07, 6.45) is -1.18. The molecule has 1 fully saturated rings. The third-order valence-corrected chi connectivity index (χ3v) is 4.63. The SMILES string of the molecule is CC(C)[C@H](NC(=O)O)C(=O)Nc1ccc2c(c1)CCC21OC(=O)NC1=O. The fourth-order valence-electron chi connectivity index (χ4n) is 3.37. The van der Waals surface area contributed by atoms with Gasteiger partial charge in [-0.2, -0.15) is 0 Å². The molecule has 26 heavy (non-hydrogen) atoms. The van der Waals surface area contributed by atoms with Gasteiger partial charge >= 0.3 is 12.2 Å². The van der Waals surface area contributed by atoms with Crippen molar-refractivity contribution in [2.75, 3.05) is 5.32 Å². The first kappa shape index (κ1) is 17.7. The van der Waals surface area contributed by atoms with Crippen molar-refractivity contribution in [3.63, 3.8) is 0 Å². The average molecular weight is 361 g/mol. The van der Waals surface area contributed by atoms with Crippen LogP contribution in [-0.2, 0) is 26.3 Å². The second-order valence-corrected chi connectivity index (χ2v) is 6.70. The number of ether oxygens (including phenoxy) is 1. The topological polar surface area (TPSA) is 134 Å². The molecule has 2 atom stereocenters. The monoisotopic (exact) mass is 361 g/mol. The van der Waals surface area contributed by atoms with E-state index in [4.69, 9.17) is 9.84 Å². The Morgan fingerprint density at radius 2 is 2.04 bits per heavy atom. The number of fused-ring (bicyclic) bond motifs is 2. The number of anilines is 1. The number of nitrogens with one attached hydrogen (secondary N) is 3. The maximum Gasteiger partial charge on any atom is 0.415 e. The van der Waals surface area contributed by atoms with Crippen LogP contribution in [0.1, 0.15) is 31.4 Å². The lowest BCUT2D eigenvalue weighted by atomic mass is 9.95. The highest BCUT2D eigenvalue weighted by molar-refractivity contribution is 6.04. The summed E-state index contributed by atoms with van der Waals surface area (Å²) >= 11 is 0. The van der Waals surface area contributed by atoms with Crippen molar-refractivity contribution in [3.05, 3.63) is 29.3 Å². The largest absolute Gasteiger partial charge is 0.465 e. The van der Waals surface area contributed by atoms with Crippen molar-refractivity contribution >= 4 is 29.7 Å². The summed E-state index contributed by atoms with van der Waals surface area (Å²) in [6, 6.07) is 4.06. The quantitative estimate of drug-likeness (QED) is 0.639. The average Bonchev–Trinajstić information content (AvgIpc) is 3.05. The Bertz CT molecular complexity index is 806. The van der Waals surface area contributed by atoms with Crippen LogP contribution in [0, 0.1) is 5.92 Å². The van der Waals surface area contributed by atoms with Gasteiger partial charge in [0.25, 0.3) is 5.91 Å². The number of rotatable bonds is 4. The van der Waals surface area contributed by atoms with Crippen molar-refractivity contribution < 1.29 is 29.0 Å². The van der Waals surface area contributed by atoms with Gasteiger partial charge in [-0.3, -0.25) is 14.9 Å². The Hall–Kier alpha value is -3.10. The van der Waals surface area contributed by atoms with Gasteiger partial charge in [0, 0.05) is 17.7 Å². The molecule has 1 aliphatic heterocycles. The molecule has 1 saturated heterocycles. The fraction of sp³-hybridized carbons (Fsp3) is 0.412. The molecule has 1 unspecified atom stereocenters. The third-order valence-electron chi connectivity index (χ3n) is 4.63. The number of amides is 4. The van der Waals surface area contributed by atoms with E-state index in [0.29, 0.717) is 24.1 Å². The highest BCUT2D eigenvalue weighted by atomic mass is 16.6. The van der Waals surface area contributed by atoms with Crippen LogP contribution in [0.5, 0.6) is 0 Å². The number of imide groups is 1. The van der Waals surface area contributed by atoms with Crippen LogP contribution < -0.4 is 16.0 Å². The zero-order valence-electron chi connectivity index (χ0n) is 14.3. The molecule has 4 amide bonds. The van der Waals surface area contributed by atoms with Gasteiger partial charge in [0.15, 0.2) is 0 Å². The summed E-state index contributed by atoms with van der Waals surface area (Å²) in [5.74, 6) is -1.19. The zero-order chi connectivity index (χ0) is 19.1. The lowest BCUT2D eigenvalue weighted by molar-refractivity contribution is -0.132. The molecule has 9 heteroatoms. The van der Waals surface area contributed by atoms with E-state index in [2.05, 4.69) is 16.0 Å². The molecule has 1 heterocycles. The molecule has 0 aromatic heterocycles. The van der Waals surface area contributed by atoms with Gasteiger partial charge in [-0.15, -0.1) is 0 Å². The van der Waals surface area contributed by atoms with Gasteiger partial charge in [-0.05, 0) is 30.0 Å². The molecule has 9 nitrogen and oxygen atoms in total. The van der Waals surface area contributed by atoms with Crippen molar-refractivity contribution in [2.45, 2.75) is 38.3 Å². The Labute approximate surface area is 149 Å². The molecule has 3 rings (SSSR count). The predicted octanol–water partition coefficient (Wildman–Crippen LogP) is 1.33. The summed E-state index contributed by atoms with van der Waals surface area (Å²) in [5, 5.41) is 15.9. The molecule has 1 aromatic rings. The number of carboxylic acid groups (broad SMARTS) is 1. The highest BCUT2D eigenvalue weighted by Crippen LogP contribution is 2.43. The Kier molecular flexibility index (Phi) is 4.31. The molecular weight excluding hydrogens is 342 g/mol. The molecule has 0 radical (unpaired) electrons. The minimum atomic E-state index is -1.29. The van der Waals surface area contributed by atoms with Gasteiger partial charge in [-0.1, -0.05) is 19.9 Å². The van der Waals surface area contributed by atoms with Gasteiger partial charge in [0.1, 0.15) is 6.04 Å². The van der Waals surface area contributed by atoms with Crippen molar-refractivity contribution in [1.29, 1.82) is 0 Å². The maximum atomic E-state index is 12.4. The smallest absolute Gasteiger partial charge is 0.415 e. The number of alkyl carbamates (subject to hydrolysis) is 1. The number of hydrogen-bond acceptors (Lipinski definition) is 5. The van der Waals surface area contributed by atoms with Crippen LogP contribution in [-0.4, -0.2) is 35.1 Å². The van der Waals surface area contributed by atoms with Crippen LogP contribution in [0.15, 0.2) is 18.2 Å². The minimum absolute atomic E-state index is 0.231. The van der Waals surface area contributed by atoms with Gasteiger partial charge in [0.05, 0.1) is 0 Å². The van der Waals surface area contributed by atoms with E-state index in [1.807, 2.05) is 0 Å². The lowest BCUT2D eigenvalue weighted by Gasteiger charge is -2.21. The highest BCUT2D eigenvalue weighted by Gasteiger charge is 2.54. The summed E-state index contributed by atoms with van der Waals surface area (Å²) in [7, 11) is 0. The molecule has 1 aliphatic carbocycles. The van der Waals surface area contributed by atoms with E-state index in [0.717, 1.165) is 5.56 Å². The van der Waals surface area contributed by atoms with E-state index in [1.54, 1.807) is 32.0 Å². The second kappa shape index (κ2) is 6.32. The molecule has 2 aliphatic rings. The molecule has 1 spiro atoms. The van der Waals surface area contributed by atoms with Crippen LogP contribution in [0.3, 0.4) is 0 Å². The summed E-state index contributed by atoms with van der Waals surface area (Å²) in [6.45, 7) is 3.47. The number of benzene rings is 1. The Morgan fingerprint density at radius 1 is 1.31 bits per heavy atom. The Morgan fingerprint density at radius 3 is 2.62 bits per heavy atom. The van der Waals surface area contributed by atoms with Crippen LogP contribution in [0.4, 0.5) is 15.3 Å². The second-order valence-electron chi connectivity index (χ2n) is 6.70. The normalized spacial score (nSPS) is 22.0. The van der Waals surface area contributed by atoms with Gasteiger partial charge in [-0.25, -0.2) is 9.59 Å². The fourth-order valence-corrected chi connectivity index (χ4v) is 3.37. The van der Waals surface area contributed by atoms with Crippen LogP contribution >= 0.6 is 0 Å². The predicted molar refractivity (Wildman–Crippen MR) is 89.5 cm³/mol. The standard InChI is InChI=1S/C17H19N3O6/c1-8(2)12(19-15(23)24)13(21)18-10-3-4-11-9(7-10)5-6-17(11)14(22)20-16(25)26-17/h3-4,7-8,12,19H,5-6H2,1-2H3,(H,18,21)(H,23,24)(H,20,22,25)/t12-,17?/m0/s1. The minimum Gasteiger partial charge on any atom is -0.465 e. The molecular formula is C17H19N3O6. The zero-order valence-corrected chi connectivity index (χ0v) is 14.3. The maximum absolute atomic E-state index is 12.4. The Balaban J connectivity index is 1.80. The number of carbonyl (C=O) groups excluding carboxylic acids is 3. The third kappa shape index (κ3) is 2.96. The van der Waals surface area contributed by atoms with Crippen LogP contribution in [0.25, 0.3) is 0 Å². The first-order valence-electron chi connectivity index (χ1n) is 8.21. The number of aryl methyl sites for hydroxylation is 1. The first-order chi connectivity index (χ1) is 12.2. The van der Waals surface area contributed by atoms with Crippen molar-refractivity contribution in [2.24, 2.45) is 5.92 Å². The van der Waals surface area contributed by atoms with Crippen LogP contribution in [0.2, 0.25) is 0 Å². The molecule has 138 valence electrons. The van der Waals surface area contributed by atoms with Gasteiger partial charge in [0.2, 0.25) is 11.5 Å². The number of hydrogen-bond donors (Lipinski definition) is 4. The number of carbonyl (C=O) groups is 4. The van der Waals surface area contributed by atoms with E-state index in [9.17, 15) is 19.2 Å². The first-order valence-corrected chi connectivity index (χ1v) is 8.21. The molecule has 0 saturated carbocycles. The summed E-state index contributed by atoms with van der Waals surface area (Å²) < 4.78 is 5.22. The van der Waals surface area contributed by atoms with E-state index < -0.39 is 35.6 Å². The molecule has 0 bridgehead atoms. The van der Waals surface area contributed by atoms with Gasteiger partial charge < -0.3 is 20.5 Å². The summed E-state index contributed by atoms with van der Waals surface area (Å²) in [5.41, 5.74) is 0.580. The summed E-state index contributed by atoms with van der Waals surface area (Å²) in [4.78, 5) is 46.7. The lowest BCUT2D eigenvalue weighted by Crippen LogP contribution is -2.46. The molecule has 1 aromatic carbocycles. The van der Waals surface area contributed by atoms with E-state index in [1.165, 1.54) is 0 Å². The molecule has 4 N–H and O–H groups in total. The van der Waals surface area contributed by atoms with E-state index in [-0.39, 0.29) is 5.92 Å².